The molecule has 2 rings (SSSR count). The highest BCUT2D eigenvalue weighted by Gasteiger charge is 2.25. The number of carbonyl (C=O) groups excluding carboxylic acids is 2. The molecule has 0 aliphatic heterocycles. The summed E-state index contributed by atoms with van der Waals surface area (Å²) in [6, 6.07) is 0. The van der Waals surface area contributed by atoms with E-state index in [1.165, 1.54) is 26.5 Å². The highest BCUT2D eigenvalue weighted by atomic mass is 16.5. The summed E-state index contributed by atoms with van der Waals surface area (Å²) in [7, 11) is 1.65. The summed E-state index contributed by atoms with van der Waals surface area (Å²) < 4.78 is 7.71. The highest BCUT2D eigenvalue weighted by molar-refractivity contribution is 5.98. The molecular weight excluding hydrogens is 380 g/mol. The Balaban J connectivity index is 2.30. The van der Waals surface area contributed by atoms with Crippen LogP contribution in [-0.2, 0) is 23.1 Å². The largest absolute Gasteiger partial charge is 0.452 e. The van der Waals surface area contributed by atoms with E-state index in [1.807, 2.05) is 13.8 Å². The molecule has 0 aliphatic carbocycles. The number of unbranched alkanes of at least 4 members (excludes halogenated alkanes) is 1. The molecule has 0 aliphatic rings. The standard InChI is InChI=1S/C18H26N6O5/c1-4-6-8-23(13(25)11-29-17(27)12-9-20-22(3)10-12)14-15(19)24(7-5-2)18(28)21-16(14)26/h9-10H,4-8,11,19H2,1-3H3,(H,21,26,28). The molecule has 0 fully saturated rings. The Labute approximate surface area is 167 Å². The average Bonchev–Trinajstić information content (AvgIpc) is 3.11. The molecule has 2 heterocycles. The van der Waals surface area contributed by atoms with E-state index in [-0.39, 0.29) is 23.6 Å². The number of H-pyrrole nitrogens is 1. The third kappa shape index (κ3) is 5.12. The van der Waals surface area contributed by atoms with Crippen LogP contribution in [0.25, 0.3) is 0 Å². The van der Waals surface area contributed by atoms with Crippen LogP contribution in [0.4, 0.5) is 11.5 Å². The first-order valence-corrected chi connectivity index (χ1v) is 9.38. The lowest BCUT2D eigenvalue weighted by Gasteiger charge is -2.24. The number of ether oxygens (including phenoxy) is 1. The minimum atomic E-state index is -0.761. The molecule has 0 unspecified atom stereocenters. The number of nitrogens with zero attached hydrogens (tertiary/aromatic N) is 4. The number of nitrogens with two attached hydrogens (primary N) is 1. The van der Waals surface area contributed by atoms with Gasteiger partial charge in [-0.25, -0.2) is 9.59 Å². The molecule has 158 valence electrons. The highest BCUT2D eigenvalue weighted by Crippen LogP contribution is 2.18. The van der Waals surface area contributed by atoms with Crippen LogP contribution in [-0.4, -0.2) is 44.4 Å². The fourth-order valence-electron chi connectivity index (χ4n) is 2.78. The maximum atomic E-state index is 12.8. The number of esters is 1. The summed E-state index contributed by atoms with van der Waals surface area (Å²) in [5, 5.41) is 3.87. The summed E-state index contributed by atoms with van der Waals surface area (Å²) in [5.41, 5.74) is 4.75. The van der Waals surface area contributed by atoms with Crippen molar-refractivity contribution in [2.45, 2.75) is 39.7 Å². The molecule has 0 atom stereocenters. The zero-order valence-electron chi connectivity index (χ0n) is 16.8. The van der Waals surface area contributed by atoms with Gasteiger partial charge in [-0.05, 0) is 12.8 Å². The number of hydrogen-bond acceptors (Lipinski definition) is 7. The van der Waals surface area contributed by atoms with Gasteiger partial charge in [-0.15, -0.1) is 0 Å². The number of aromatic amines is 1. The predicted octanol–water partition coefficient (Wildman–Crippen LogP) is 0.252. The second-order valence-corrected chi connectivity index (χ2v) is 6.52. The SMILES string of the molecule is CCCCN(C(=O)COC(=O)c1cnn(C)c1)c1c(N)n(CCC)c(=O)[nH]c1=O. The Morgan fingerprint density at radius 3 is 2.59 bits per heavy atom. The number of aryl methyl sites for hydroxylation is 1. The van der Waals surface area contributed by atoms with Crippen molar-refractivity contribution in [2.24, 2.45) is 7.05 Å². The summed E-state index contributed by atoms with van der Waals surface area (Å²) in [6.07, 6.45) is 4.75. The van der Waals surface area contributed by atoms with Crippen molar-refractivity contribution >= 4 is 23.4 Å². The van der Waals surface area contributed by atoms with Gasteiger partial charge in [0.15, 0.2) is 12.3 Å². The fourth-order valence-corrected chi connectivity index (χ4v) is 2.78. The number of aromatic nitrogens is 4. The maximum Gasteiger partial charge on any atom is 0.341 e. The topological polar surface area (TPSA) is 145 Å². The molecule has 0 bridgehead atoms. The van der Waals surface area contributed by atoms with Crippen molar-refractivity contribution < 1.29 is 14.3 Å². The van der Waals surface area contributed by atoms with Crippen LogP contribution in [0.5, 0.6) is 0 Å². The number of hydrogen-bond donors (Lipinski definition) is 2. The van der Waals surface area contributed by atoms with Gasteiger partial charge in [0, 0.05) is 26.3 Å². The monoisotopic (exact) mass is 406 g/mol. The number of carbonyl (C=O) groups is 2. The molecule has 11 heteroatoms. The molecule has 0 saturated heterocycles. The van der Waals surface area contributed by atoms with E-state index in [9.17, 15) is 19.2 Å². The summed E-state index contributed by atoms with van der Waals surface area (Å²) in [6.45, 7) is 3.69. The van der Waals surface area contributed by atoms with Crippen LogP contribution in [0.3, 0.4) is 0 Å². The van der Waals surface area contributed by atoms with Gasteiger partial charge >= 0.3 is 11.7 Å². The van der Waals surface area contributed by atoms with Crippen LogP contribution < -0.4 is 21.9 Å². The third-order valence-corrected chi connectivity index (χ3v) is 4.23. The lowest BCUT2D eigenvalue weighted by atomic mass is 10.2. The Morgan fingerprint density at radius 2 is 2.00 bits per heavy atom. The Hall–Kier alpha value is -3.37. The van der Waals surface area contributed by atoms with Gasteiger partial charge in [-0.3, -0.25) is 23.8 Å². The average molecular weight is 406 g/mol. The van der Waals surface area contributed by atoms with Gasteiger partial charge < -0.3 is 15.4 Å². The molecule has 29 heavy (non-hydrogen) atoms. The van der Waals surface area contributed by atoms with Crippen molar-refractivity contribution in [3.8, 4) is 0 Å². The minimum absolute atomic E-state index is 0.0939. The summed E-state index contributed by atoms with van der Waals surface area (Å²) in [4.78, 5) is 52.7. The first kappa shape index (κ1) is 21.9. The molecule has 3 N–H and O–H groups in total. The normalized spacial score (nSPS) is 10.7. The van der Waals surface area contributed by atoms with E-state index in [2.05, 4.69) is 10.1 Å². The number of rotatable bonds is 9. The first-order valence-electron chi connectivity index (χ1n) is 9.38. The first-order chi connectivity index (χ1) is 13.8. The Morgan fingerprint density at radius 1 is 1.28 bits per heavy atom. The van der Waals surface area contributed by atoms with Crippen molar-refractivity contribution in [2.75, 3.05) is 23.8 Å². The lowest BCUT2D eigenvalue weighted by Crippen LogP contribution is -2.43. The van der Waals surface area contributed by atoms with E-state index in [1.54, 1.807) is 7.05 Å². The second kappa shape index (κ2) is 9.71. The summed E-state index contributed by atoms with van der Waals surface area (Å²) in [5.74, 6) is -1.42. The summed E-state index contributed by atoms with van der Waals surface area (Å²) >= 11 is 0. The maximum absolute atomic E-state index is 12.8. The minimum Gasteiger partial charge on any atom is -0.452 e. The molecule has 2 aromatic heterocycles. The van der Waals surface area contributed by atoms with Gasteiger partial charge in [0.1, 0.15) is 5.82 Å². The van der Waals surface area contributed by atoms with Crippen LogP contribution in [0.2, 0.25) is 0 Å². The quantitative estimate of drug-likeness (QED) is 0.568. The second-order valence-electron chi connectivity index (χ2n) is 6.52. The van der Waals surface area contributed by atoms with E-state index in [0.717, 1.165) is 6.42 Å². The van der Waals surface area contributed by atoms with E-state index < -0.39 is 29.7 Å². The van der Waals surface area contributed by atoms with Crippen molar-refractivity contribution in [1.29, 1.82) is 0 Å². The zero-order chi connectivity index (χ0) is 21.6. The van der Waals surface area contributed by atoms with Crippen molar-refractivity contribution in [3.05, 3.63) is 38.8 Å². The number of nitrogen functional groups attached to an aromatic ring is 1. The van der Waals surface area contributed by atoms with Crippen LogP contribution in [0.1, 0.15) is 43.5 Å². The van der Waals surface area contributed by atoms with Crippen LogP contribution >= 0.6 is 0 Å². The molecule has 0 radical (unpaired) electrons. The van der Waals surface area contributed by atoms with Crippen LogP contribution in [0.15, 0.2) is 22.0 Å². The van der Waals surface area contributed by atoms with Gasteiger partial charge in [0.2, 0.25) is 0 Å². The number of nitrogens with one attached hydrogen (secondary N) is 1. The molecule has 0 spiro atoms. The molecule has 0 saturated carbocycles. The molecular formula is C18H26N6O5. The molecule has 11 nitrogen and oxygen atoms in total. The zero-order valence-corrected chi connectivity index (χ0v) is 16.8. The Kier molecular flexibility index (Phi) is 7.34. The number of amides is 1. The molecule has 1 amide bonds. The fraction of sp³-hybridized carbons (Fsp3) is 0.500. The van der Waals surface area contributed by atoms with Crippen LogP contribution in [0, 0.1) is 0 Å². The van der Waals surface area contributed by atoms with Gasteiger partial charge in [0.05, 0.1) is 11.8 Å². The van der Waals surface area contributed by atoms with Crippen molar-refractivity contribution in [1.82, 2.24) is 19.3 Å². The van der Waals surface area contributed by atoms with Crippen molar-refractivity contribution in [3.63, 3.8) is 0 Å². The predicted molar refractivity (Wildman–Crippen MR) is 107 cm³/mol. The van der Waals surface area contributed by atoms with Gasteiger partial charge in [-0.1, -0.05) is 20.3 Å². The Bertz CT molecular complexity index is 989. The van der Waals surface area contributed by atoms with E-state index in [4.69, 9.17) is 10.5 Å². The number of anilines is 2. The smallest absolute Gasteiger partial charge is 0.341 e. The third-order valence-electron chi connectivity index (χ3n) is 4.23. The van der Waals surface area contributed by atoms with Gasteiger partial charge in [-0.2, -0.15) is 5.10 Å². The molecule has 0 aromatic carbocycles. The van der Waals surface area contributed by atoms with E-state index >= 15 is 0 Å². The molecule has 2 aromatic rings. The van der Waals surface area contributed by atoms with E-state index in [0.29, 0.717) is 19.4 Å². The lowest BCUT2D eigenvalue weighted by molar-refractivity contribution is -0.121. The van der Waals surface area contributed by atoms with Gasteiger partial charge in [0.25, 0.3) is 11.5 Å².